The predicted octanol–water partition coefficient (Wildman–Crippen LogP) is 8.47. The van der Waals surface area contributed by atoms with Crippen molar-refractivity contribution in [1.82, 2.24) is 20.6 Å². The molecule has 4 fully saturated rings. The maximum Gasteiger partial charge on any atom is 0.224 e. The highest BCUT2D eigenvalue weighted by Crippen LogP contribution is 2.55. The number of aliphatic imine (C=N–C) groups is 2. The highest BCUT2D eigenvalue weighted by molar-refractivity contribution is 6.03. The number of amides is 2. The van der Waals surface area contributed by atoms with E-state index < -0.39 is 0 Å². The van der Waals surface area contributed by atoms with Gasteiger partial charge in [-0.1, -0.05) is 60.7 Å². The Morgan fingerprint density at radius 3 is 1.36 bits per heavy atom. The fourth-order valence-electron chi connectivity index (χ4n) is 11.3. The third-order valence-corrected chi connectivity index (χ3v) is 13.9. The lowest BCUT2D eigenvalue weighted by Gasteiger charge is -2.30. The van der Waals surface area contributed by atoms with Crippen molar-refractivity contribution < 1.29 is 9.59 Å². The van der Waals surface area contributed by atoms with E-state index in [9.17, 15) is 9.59 Å². The molecule has 5 unspecified atom stereocenters. The van der Waals surface area contributed by atoms with Gasteiger partial charge in [-0.05, 0) is 119 Å². The van der Waals surface area contributed by atoms with Gasteiger partial charge in [-0.15, -0.1) is 0 Å². The first kappa shape index (κ1) is 35.0. The molecule has 2 N–H and O–H groups in total. The second-order valence-corrected chi connectivity index (χ2v) is 17.0. The maximum atomic E-state index is 13.6. The fraction of sp³-hybridized carbons (Fsp3) is 0.375. The first-order valence-corrected chi connectivity index (χ1v) is 20.6. The van der Waals surface area contributed by atoms with Crippen LogP contribution in [-0.2, 0) is 22.7 Å². The zero-order valence-electron chi connectivity index (χ0n) is 31.7. The summed E-state index contributed by atoms with van der Waals surface area (Å²) in [6.07, 6.45) is 19.8. The summed E-state index contributed by atoms with van der Waals surface area (Å²) in [5.41, 5.74) is 11.6. The Labute approximate surface area is 328 Å². The molecule has 0 saturated heterocycles. The molecule has 4 aliphatic carbocycles. The first-order valence-electron chi connectivity index (χ1n) is 20.6. The molecule has 282 valence electrons. The molecule has 8 atom stereocenters. The molecular formula is C48H48N6O2. The summed E-state index contributed by atoms with van der Waals surface area (Å²) in [6, 6.07) is 25.5. The van der Waals surface area contributed by atoms with Crippen molar-refractivity contribution >= 4 is 34.4 Å². The van der Waals surface area contributed by atoms with Crippen LogP contribution in [0.5, 0.6) is 0 Å². The zero-order chi connectivity index (χ0) is 37.6. The molecule has 0 spiro atoms. The molecule has 2 amide bonds. The molecule has 8 nitrogen and oxygen atoms in total. The normalized spacial score (nSPS) is 28.5. The van der Waals surface area contributed by atoms with E-state index in [1.807, 2.05) is 49.1 Å². The van der Waals surface area contributed by atoms with Crippen molar-refractivity contribution in [1.29, 1.82) is 0 Å². The smallest absolute Gasteiger partial charge is 0.224 e. The molecular weight excluding hydrogens is 693 g/mol. The summed E-state index contributed by atoms with van der Waals surface area (Å²) in [4.78, 5) is 45.4. The Balaban J connectivity index is 0.750. The van der Waals surface area contributed by atoms with Gasteiger partial charge < -0.3 is 10.6 Å². The lowest BCUT2D eigenvalue weighted by Crippen LogP contribution is -2.40. The minimum Gasteiger partial charge on any atom is -0.352 e. The van der Waals surface area contributed by atoms with Gasteiger partial charge in [-0.3, -0.25) is 29.5 Å². The molecule has 56 heavy (non-hydrogen) atoms. The summed E-state index contributed by atoms with van der Waals surface area (Å²) in [7, 11) is 0. The largest absolute Gasteiger partial charge is 0.352 e. The van der Waals surface area contributed by atoms with Crippen LogP contribution in [0.1, 0.15) is 73.6 Å². The number of hydrogen-bond acceptors (Lipinski definition) is 6. The molecule has 8 heteroatoms. The quantitative estimate of drug-likeness (QED) is 0.161. The van der Waals surface area contributed by atoms with Crippen molar-refractivity contribution in [2.45, 2.75) is 64.5 Å². The molecule has 2 aromatic carbocycles. The van der Waals surface area contributed by atoms with Gasteiger partial charge in [0.1, 0.15) is 0 Å². The van der Waals surface area contributed by atoms with E-state index in [4.69, 9.17) is 9.98 Å². The van der Waals surface area contributed by atoms with E-state index in [2.05, 4.69) is 69.1 Å². The molecule has 6 aliphatic rings. The number of pyridine rings is 2. The van der Waals surface area contributed by atoms with Gasteiger partial charge in [-0.25, -0.2) is 0 Å². The SMILES string of the molecule is O=C(NCc1cccnc1)[C@H]1C2CCC(C2)C1C1=NC=C(c2ccc(-c3ccc(C4=CN=C([C@@H]5C6CCC(C6)[C@H]5C(=O)NCc5cccnc5)C4)cc3)cc2)C1. The van der Waals surface area contributed by atoms with Crippen LogP contribution in [0, 0.1) is 47.3 Å². The summed E-state index contributed by atoms with van der Waals surface area (Å²) in [6.45, 7) is 1.03. The van der Waals surface area contributed by atoms with E-state index in [1.54, 1.807) is 12.4 Å². The predicted molar refractivity (Wildman–Crippen MR) is 220 cm³/mol. The average Bonchev–Trinajstić information content (AvgIpc) is 4.12. The van der Waals surface area contributed by atoms with Gasteiger partial charge in [0.2, 0.25) is 11.8 Å². The van der Waals surface area contributed by atoms with E-state index >= 15 is 0 Å². The van der Waals surface area contributed by atoms with Crippen LogP contribution in [0.2, 0.25) is 0 Å². The first-order chi connectivity index (χ1) is 27.6. The van der Waals surface area contributed by atoms with Crippen molar-refractivity contribution in [2.24, 2.45) is 57.3 Å². The van der Waals surface area contributed by atoms with E-state index in [0.29, 0.717) is 36.8 Å². The minimum atomic E-state index is 0.00457. The molecule has 2 aliphatic heterocycles. The number of rotatable bonds is 11. The summed E-state index contributed by atoms with van der Waals surface area (Å²) >= 11 is 0. The Morgan fingerprint density at radius 2 is 0.946 bits per heavy atom. The topological polar surface area (TPSA) is 109 Å². The highest BCUT2D eigenvalue weighted by atomic mass is 16.2. The van der Waals surface area contributed by atoms with Crippen LogP contribution in [0.25, 0.3) is 22.3 Å². The molecule has 4 aromatic rings. The number of benzene rings is 2. The van der Waals surface area contributed by atoms with Crippen LogP contribution in [0.4, 0.5) is 0 Å². The van der Waals surface area contributed by atoms with Crippen molar-refractivity contribution in [3.8, 4) is 11.1 Å². The van der Waals surface area contributed by atoms with E-state index in [1.165, 1.54) is 57.7 Å². The van der Waals surface area contributed by atoms with Crippen molar-refractivity contribution in [3.05, 3.63) is 132 Å². The van der Waals surface area contributed by atoms with E-state index in [-0.39, 0.29) is 35.5 Å². The third-order valence-electron chi connectivity index (χ3n) is 13.9. The Kier molecular flexibility index (Phi) is 9.28. The summed E-state index contributed by atoms with van der Waals surface area (Å²) in [5, 5.41) is 6.44. The van der Waals surface area contributed by atoms with Gasteiger partial charge in [0, 0.05) is 98.2 Å². The zero-order valence-corrected chi connectivity index (χ0v) is 31.7. The van der Waals surface area contributed by atoms with Gasteiger partial charge in [0.05, 0.1) is 0 Å². The Morgan fingerprint density at radius 1 is 0.536 bits per heavy atom. The lowest BCUT2D eigenvalue weighted by molar-refractivity contribution is -0.128. The summed E-state index contributed by atoms with van der Waals surface area (Å²) < 4.78 is 0. The van der Waals surface area contributed by atoms with Crippen molar-refractivity contribution in [3.63, 3.8) is 0 Å². The molecule has 0 radical (unpaired) electrons. The summed E-state index contributed by atoms with van der Waals surface area (Å²) in [5.74, 6) is 2.80. The average molecular weight is 741 g/mol. The number of aromatic nitrogens is 2. The number of hydrogen-bond donors (Lipinski definition) is 2. The molecule has 4 bridgehead atoms. The van der Waals surface area contributed by atoms with Gasteiger partial charge in [-0.2, -0.15) is 0 Å². The Bertz CT molecular complexity index is 2080. The number of nitrogens with one attached hydrogen (secondary N) is 2. The lowest BCUT2D eigenvalue weighted by atomic mass is 9.75. The number of carbonyl (C=O) groups excluding carboxylic acids is 2. The number of nitrogens with zero attached hydrogens (tertiary/aromatic N) is 4. The monoisotopic (exact) mass is 740 g/mol. The van der Waals surface area contributed by atoms with Crippen LogP contribution in [-0.4, -0.2) is 33.2 Å². The van der Waals surface area contributed by atoms with Crippen LogP contribution >= 0.6 is 0 Å². The third kappa shape index (κ3) is 6.63. The molecule has 10 rings (SSSR count). The maximum absolute atomic E-state index is 13.6. The number of carbonyl (C=O) groups is 2. The van der Waals surface area contributed by atoms with E-state index in [0.717, 1.165) is 49.7 Å². The molecule has 4 heterocycles. The van der Waals surface area contributed by atoms with Gasteiger partial charge in [0.15, 0.2) is 0 Å². The standard InChI is InChI=1S/C48H48N6O2/c55-47(53-25-29-3-1-17-49-23-29)45-37-15-13-35(19-37)43(45)41-21-39(27-51-41)33-9-5-31(6-10-33)32-7-11-34(12-8-32)40-22-42(52-28-40)44-36-14-16-38(20-36)46(44)48(56)54-26-30-4-2-18-50-24-30/h1-12,17-18,23-24,27-28,35-38,43-46H,13-16,19-22,25-26H2,(H,53,55)(H,54,56)/t35?,36?,37?,38?,43-,44?,45+,46-/m0/s1. The Hall–Kier alpha value is -5.50. The van der Waals surface area contributed by atoms with Gasteiger partial charge >= 0.3 is 0 Å². The van der Waals surface area contributed by atoms with Crippen LogP contribution in [0.15, 0.2) is 120 Å². The van der Waals surface area contributed by atoms with Crippen LogP contribution in [0.3, 0.4) is 0 Å². The number of allylic oxidation sites excluding steroid dienone is 2. The fourth-order valence-corrected chi connectivity index (χ4v) is 11.3. The second-order valence-electron chi connectivity index (χ2n) is 17.0. The van der Waals surface area contributed by atoms with Gasteiger partial charge in [0.25, 0.3) is 0 Å². The second kappa shape index (κ2) is 14.9. The molecule has 2 aromatic heterocycles. The minimum absolute atomic E-state index is 0.00457. The van der Waals surface area contributed by atoms with Crippen LogP contribution < -0.4 is 10.6 Å². The highest BCUT2D eigenvalue weighted by Gasteiger charge is 2.54. The molecule has 4 saturated carbocycles. The van der Waals surface area contributed by atoms with Crippen molar-refractivity contribution in [2.75, 3.05) is 0 Å². The number of fused-ring (bicyclic) bond motifs is 4.